The number of carboxylic acid groups (broad SMARTS) is 1. The number of aliphatic carboxylic acids is 1. The second kappa shape index (κ2) is 12.9. The number of nitrogens with zero attached hydrogens (tertiary/aromatic N) is 3. The van der Waals surface area contributed by atoms with Crippen LogP contribution in [-0.2, 0) is 17.9 Å². The summed E-state index contributed by atoms with van der Waals surface area (Å²) in [5.74, 6) is -2.55. The maximum Gasteiger partial charge on any atom is 0.490 e. The number of amides is 1. The summed E-state index contributed by atoms with van der Waals surface area (Å²) in [4.78, 5) is 26.0. The number of carboxylic acids is 1. The van der Waals surface area contributed by atoms with Crippen LogP contribution >= 0.6 is 11.3 Å². The smallest absolute Gasteiger partial charge is 0.475 e. The van der Waals surface area contributed by atoms with Crippen LogP contribution in [0.1, 0.15) is 29.9 Å². The van der Waals surface area contributed by atoms with Gasteiger partial charge in [-0.2, -0.15) is 18.3 Å². The highest BCUT2D eigenvalue weighted by Gasteiger charge is 2.38. The highest BCUT2D eigenvalue weighted by Crippen LogP contribution is 2.22. The summed E-state index contributed by atoms with van der Waals surface area (Å²) in [6.07, 6.45) is -3.31. The molecule has 0 atom stereocenters. The second-order valence-electron chi connectivity index (χ2n) is 8.50. The van der Waals surface area contributed by atoms with E-state index in [-0.39, 0.29) is 5.91 Å². The molecule has 2 aromatic carbocycles. The van der Waals surface area contributed by atoms with E-state index in [9.17, 15) is 18.0 Å². The second-order valence-corrected chi connectivity index (χ2v) is 9.40. The van der Waals surface area contributed by atoms with Crippen molar-refractivity contribution in [3.8, 4) is 11.3 Å². The molecule has 0 spiro atoms. The van der Waals surface area contributed by atoms with Gasteiger partial charge in [0.15, 0.2) is 10.8 Å². The number of halogens is 3. The first-order valence-electron chi connectivity index (χ1n) is 11.5. The summed E-state index contributed by atoms with van der Waals surface area (Å²) in [7, 11) is 0. The molecule has 0 bridgehead atoms. The Hall–Kier alpha value is -4.19. The molecule has 0 saturated heterocycles. The molecule has 0 saturated carbocycles. The molecule has 0 unspecified atom stereocenters. The predicted octanol–water partition coefficient (Wildman–Crippen LogP) is 6.16. The molecular weight excluding hydrogens is 519 g/mol. The van der Waals surface area contributed by atoms with Gasteiger partial charge in [-0.05, 0) is 35.2 Å². The molecule has 0 radical (unpaired) electrons. The molecule has 0 aliphatic carbocycles. The van der Waals surface area contributed by atoms with Crippen LogP contribution in [0, 0.1) is 5.92 Å². The first-order chi connectivity index (χ1) is 18.0. The number of aromatic nitrogens is 3. The zero-order chi connectivity index (χ0) is 27.7. The first-order valence-corrected chi connectivity index (χ1v) is 12.4. The van der Waals surface area contributed by atoms with Gasteiger partial charge < -0.3 is 15.7 Å². The number of nitrogens with one attached hydrogen (secondary N) is 2. The monoisotopic (exact) mass is 545 g/mol. The van der Waals surface area contributed by atoms with Gasteiger partial charge in [-0.1, -0.05) is 56.3 Å². The maximum atomic E-state index is 12.9. The Morgan fingerprint density at radius 1 is 1.08 bits per heavy atom. The summed E-state index contributed by atoms with van der Waals surface area (Å²) < 4.78 is 33.7. The topological polar surface area (TPSA) is 109 Å². The molecule has 2 aromatic heterocycles. The van der Waals surface area contributed by atoms with Gasteiger partial charge in [0.2, 0.25) is 0 Å². The van der Waals surface area contributed by atoms with Gasteiger partial charge in [0, 0.05) is 30.4 Å². The molecule has 0 aliphatic heterocycles. The fourth-order valence-corrected chi connectivity index (χ4v) is 3.77. The fraction of sp³-hybridized carbons (Fsp3) is 0.231. The third-order valence-corrected chi connectivity index (χ3v) is 5.68. The van der Waals surface area contributed by atoms with E-state index in [2.05, 4.69) is 34.6 Å². The number of hydrogen-bond donors (Lipinski definition) is 3. The summed E-state index contributed by atoms with van der Waals surface area (Å²) in [6, 6.07) is 19.7. The van der Waals surface area contributed by atoms with E-state index in [1.54, 1.807) is 17.5 Å². The Labute approximate surface area is 221 Å². The van der Waals surface area contributed by atoms with Crippen LogP contribution in [0.4, 0.5) is 24.0 Å². The van der Waals surface area contributed by atoms with E-state index >= 15 is 0 Å². The average molecular weight is 546 g/mol. The maximum absolute atomic E-state index is 12.9. The molecule has 0 fully saturated rings. The van der Waals surface area contributed by atoms with Gasteiger partial charge in [0.1, 0.15) is 0 Å². The molecule has 4 rings (SSSR count). The van der Waals surface area contributed by atoms with E-state index in [0.29, 0.717) is 18.2 Å². The minimum atomic E-state index is -5.08. The number of thiazole rings is 1. The normalized spacial score (nSPS) is 11.0. The van der Waals surface area contributed by atoms with Gasteiger partial charge in [-0.3, -0.25) is 9.48 Å². The van der Waals surface area contributed by atoms with E-state index in [0.717, 1.165) is 34.2 Å². The average Bonchev–Trinajstić information content (AvgIpc) is 3.54. The number of carbonyl (C=O) groups is 2. The summed E-state index contributed by atoms with van der Waals surface area (Å²) in [5.41, 5.74) is 4.26. The highest BCUT2D eigenvalue weighted by molar-refractivity contribution is 7.13. The predicted molar refractivity (Wildman–Crippen MR) is 140 cm³/mol. The molecule has 12 heteroatoms. The molecule has 3 N–H and O–H groups in total. The van der Waals surface area contributed by atoms with Crippen molar-refractivity contribution in [3.63, 3.8) is 0 Å². The van der Waals surface area contributed by atoms with E-state index < -0.39 is 12.1 Å². The molecule has 4 aromatic rings. The van der Waals surface area contributed by atoms with Gasteiger partial charge in [-0.15, -0.1) is 11.3 Å². The van der Waals surface area contributed by atoms with Gasteiger partial charge >= 0.3 is 12.1 Å². The third kappa shape index (κ3) is 8.44. The Morgan fingerprint density at radius 3 is 2.29 bits per heavy atom. The van der Waals surface area contributed by atoms with Crippen LogP contribution in [-0.4, -0.2) is 37.9 Å². The lowest BCUT2D eigenvalue weighted by Crippen LogP contribution is -2.21. The Balaban J connectivity index is 0.000000505. The standard InChI is InChI=1S/C24H25N5OS.C2HF3O2/c1-17(2)16-29-22(19-6-4-3-5-7-19)14-21(28-29)23(30)27-20-10-8-18(9-11-20)15-26-24-25-12-13-31-24;3-2(4,5)1(6)7/h3-14,17H,15-16H2,1-2H3,(H,25,26)(H,27,30);(H,6,7). The first kappa shape index (κ1) is 28.4. The molecular formula is C26H26F3N5O3S. The summed E-state index contributed by atoms with van der Waals surface area (Å²) in [6.45, 7) is 5.71. The van der Waals surface area contributed by atoms with Crippen molar-refractivity contribution >= 4 is 34.0 Å². The van der Waals surface area contributed by atoms with Gasteiger partial charge in [0.25, 0.3) is 5.91 Å². The SMILES string of the molecule is CC(C)Cn1nc(C(=O)Nc2ccc(CNc3nccs3)cc2)cc1-c1ccccc1.O=C(O)C(F)(F)F. The molecule has 38 heavy (non-hydrogen) atoms. The Bertz CT molecular complexity index is 1320. The van der Waals surface area contributed by atoms with Crippen LogP contribution in [0.15, 0.2) is 72.2 Å². The van der Waals surface area contributed by atoms with E-state index in [1.807, 2.05) is 70.7 Å². The molecule has 2 heterocycles. The number of anilines is 2. The lowest BCUT2D eigenvalue weighted by Gasteiger charge is -2.09. The quantitative estimate of drug-likeness (QED) is 0.245. The minimum absolute atomic E-state index is 0.214. The van der Waals surface area contributed by atoms with Gasteiger partial charge in [0.05, 0.1) is 5.69 Å². The minimum Gasteiger partial charge on any atom is -0.475 e. The highest BCUT2D eigenvalue weighted by atomic mass is 32.1. The van der Waals surface area contributed by atoms with Crippen LogP contribution in [0.3, 0.4) is 0 Å². The van der Waals surface area contributed by atoms with Crippen LogP contribution < -0.4 is 10.6 Å². The van der Waals surface area contributed by atoms with Crippen molar-refractivity contribution < 1.29 is 27.9 Å². The van der Waals surface area contributed by atoms with Crippen LogP contribution in [0.25, 0.3) is 11.3 Å². The molecule has 8 nitrogen and oxygen atoms in total. The summed E-state index contributed by atoms with van der Waals surface area (Å²) >= 11 is 1.57. The Morgan fingerprint density at radius 2 is 1.74 bits per heavy atom. The fourth-order valence-electron chi connectivity index (χ4n) is 3.24. The number of hydrogen-bond acceptors (Lipinski definition) is 6. The number of alkyl halides is 3. The number of benzene rings is 2. The summed E-state index contributed by atoms with van der Waals surface area (Å²) in [5, 5.41) is 20.8. The van der Waals surface area contributed by atoms with Crippen molar-refractivity contribution in [1.82, 2.24) is 14.8 Å². The van der Waals surface area contributed by atoms with E-state index in [1.165, 1.54) is 0 Å². The van der Waals surface area contributed by atoms with Crippen molar-refractivity contribution in [2.75, 3.05) is 10.6 Å². The van der Waals surface area contributed by atoms with Crippen molar-refractivity contribution in [1.29, 1.82) is 0 Å². The zero-order valence-corrected chi connectivity index (χ0v) is 21.4. The lowest BCUT2D eigenvalue weighted by molar-refractivity contribution is -0.192. The van der Waals surface area contributed by atoms with Crippen molar-refractivity contribution in [2.45, 2.75) is 33.1 Å². The van der Waals surface area contributed by atoms with Crippen molar-refractivity contribution in [3.05, 3.63) is 83.5 Å². The van der Waals surface area contributed by atoms with E-state index in [4.69, 9.17) is 9.90 Å². The molecule has 0 aliphatic rings. The van der Waals surface area contributed by atoms with Gasteiger partial charge in [-0.25, -0.2) is 9.78 Å². The molecule has 1 amide bonds. The Kier molecular flexibility index (Phi) is 9.61. The molecule has 200 valence electrons. The van der Waals surface area contributed by atoms with Crippen LogP contribution in [0.5, 0.6) is 0 Å². The number of rotatable bonds is 8. The van der Waals surface area contributed by atoms with Crippen LogP contribution in [0.2, 0.25) is 0 Å². The third-order valence-electron chi connectivity index (χ3n) is 4.95. The number of carbonyl (C=O) groups excluding carboxylic acids is 1. The van der Waals surface area contributed by atoms with Crippen molar-refractivity contribution in [2.24, 2.45) is 5.92 Å². The largest absolute Gasteiger partial charge is 0.490 e. The lowest BCUT2D eigenvalue weighted by atomic mass is 10.1. The zero-order valence-electron chi connectivity index (χ0n) is 20.6.